The number of benzene rings is 1. The molecule has 0 aliphatic rings. The Morgan fingerprint density at radius 3 is 2.71 bits per heavy atom. The summed E-state index contributed by atoms with van der Waals surface area (Å²) in [5.41, 5.74) is -1.06. The van der Waals surface area contributed by atoms with Gasteiger partial charge in [0.1, 0.15) is 0 Å². The Bertz CT molecular complexity index is 594. The van der Waals surface area contributed by atoms with Crippen LogP contribution in [0.1, 0.15) is 6.42 Å². The zero-order valence-corrected chi connectivity index (χ0v) is 12.6. The molecule has 0 saturated carbocycles. The van der Waals surface area contributed by atoms with Crippen molar-refractivity contribution in [3.8, 4) is 0 Å². The molecule has 10 heteroatoms. The van der Waals surface area contributed by atoms with E-state index in [0.717, 1.165) is 18.2 Å². The third kappa shape index (κ3) is 5.23. The molecule has 21 heavy (non-hydrogen) atoms. The third-order valence-electron chi connectivity index (χ3n) is 2.41. The van der Waals surface area contributed by atoms with Crippen molar-refractivity contribution < 1.29 is 22.8 Å². The van der Waals surface area contributed by atoms with Crippen molar-refractivity contribution in [1.29, 1.82) is 0 Å². The molecule has 0 amide bonds. The van der Waals surface area contributed by atoms with E-state index in [1.807, 2.05) is 0 Å². The fourth-order valence-electron chi connectivity index (χ4n) is 1.48. The van der Waals surface area contributed by atoms with Gasteiger partial charge in [0.15, 0.2) is 4.90 Å². The Labute approximate surface area is 125 Å². The van der Waals surface area contributed by atoms with Gasteiger partial charge in [-0.1, -0.05) is 6.07 Å². The van der Waals surface area contributed by atoms with Gasteiger partial charge in [0.2, 0.25) is 15.8 Å². The molecule has 1 aromatic rings. The molecule has 0 heterocycles. The van der Waals surface area contributed by atoms with Gasteiger partial charge in [0.05, 0.1) is 4.92 Å². The van der Waals surface area contributed by atoms with E-state index in [-0.39, 0.29) is 13.2 Å². The van der Waals surface area contributed by atoms with Gasteiger partial charge in [0.25, 0.3) is 0 Å². The van der Waals surface area contributed by atoms with Crippen LogP contribution < -0.4 is 4.72 Å². The first kappa shape index (κ1) is 17.8. The number of sulfonamides is 1. The molecule has 0 atom stereocenters. The largest absolute Gasteiger partial charge is 0.396 e. The standard InChI is InChI=1S/C11H15FN2O5S2/c12-9-3-1-4-10(11(9)14(16)17)21(18,19)13-5-8-20-7-2-6-15/h1,3-4,13,15H,2,5-8H2. The van der Waals surface area contributed by atoms with Crippen molar-refractivity contribution in [3.05, 3.63) is 34.1 Å². The number of rotatable bonds is 9. The predicted molar refractivity (Wildman–Crippen MR) is 77.3 cm³/mol. The molecule has 1 rings (SSSR count). The fraction of sp³-hybridized carbons (Fsp3) is 0.455. The molecular weight excluding hydrogens is 323 g/mol. The van der Waals surface area contributed by atoms with Crippen molar-refractivity contribution in [1.82, 2.24) is 4.72 Å². The Balaban J connectivity index is 2.75. The first-order valence-electron chi connectivity index (χ1n) is 6.01. The van der Waals surface area contributed by atoms with Crippen molar-refractivity contribution in [3.63, 3.8) is 0 Å². The molecule has 0 aromatic heterocycles. The molecule has 0 spiro atoms. The Hall–Kier alpha value is -1.23. The van der Waals surface area contributed by atoms with Gasteiger partial charge in [-0.2, -0.15) is 16.2 Å². The monoisotopic (exact) mass is 338 g/mol. The molecule has 7 nitrogen and oxygen atoms in total. The summed E-state index contributed by atoms with van der Waals surface area (Å²) in [6, 6.07) is 2.93. The highest BCUT2D eigenvalue weighted by Gasteiger charge is 2.28. The Morgan fingerprint density at radius 2 is 2.10 bits per heavy atom. The summed E-state index contributed by atoms with van der Waals surface area (Å²) in [5, 5.41) is 19.4. The number of halogens is 1. The van der Waals surface area contributed by atoms with E-state index in [0.29, 0.717) is 17.9 Å². The van der Waals surface area contributed by atoms with Gasteiger partial charge < -0.3 is 5.11 Å². The van der Waals surface area contributed by atoms with E-state index >= 15 is 0 Å². The van der Waals surface area contributed by atoms with E-state index in [2.05, 4.69) is 4.72 Å². The number of hydrogen-bond acceptors (Lipinski definition) is 6. The zero-order valence-electron chi connectivity index (χ0n) is 11.0. The van der Waals surface area contributed by atoms with Gasteiger partial charge >= 0.3 is 5.69 Å². The fourth-order valence-corrected chi connectivity index (χ4v) is 3.61. The highest BCUT2D eigenvalue weighted by atomic mass is 32.2. The molecule has 0 unspecified atom stereocenters. The number of nitrogens with zero attached hydrogens (tertiary/aromatic N) is 1. The highest BCUT2D eigenvalue weighted by Crippen LogP contribution is 2.26. The highest BCUT2D eigenvalue weighted by molar-refractivity contribution is 7.99. The Morgan fingerprint density at radius 1 is 1.38 bits per heavy atom. The molecule has 0 aliphatic heterocycles. The quantitative estimate of drug-likeness (QED) is 0.397. The van der Waals surface area contributed by atoms with Crippen molar-refractivity contribution >= 4 is 27.5 Å². The second kappa shape index (κ2) is 8.27. The topological polar surface area (TPSA) is 110 Å². The number of nitro groups is 1. The number of nitro benzene ring substituents is 1. The molecule has 0 fully saturated rings. The van der Waals surface area contributed by atoms with Crippen LogP contribution in [-0.2, 0) is 10.0 Å². The van der Waals surface area contributed by atoms with Crippen LogP contribution >= 0.6 is 11.8 Å². The summed E-state index contributed by atoms with van der Waals surface area (Å²) in [6.07, 6.45) is 0.604. The lowest BCUT2D eigenvalue weighted by atomic mass is 10.3. The first-order chi connectivity index (χ1) is 9.90. The Kier molecular flexibility index (Phi) is 7.02. The molecule has 0 radical (unpaired) electrons. The zero-order chi connectivity index (χ0) is 15.9. The van der Waals surface area contributed by atoms with Gasteiger partial charge in [-0.05, 0) is 24.3 Å². The number of hydrogen-bond donors (Lipinski definition) is 2. The van der Waals surface area contributed by atoms with Crippen LogP contribution in [0.25, 0.3) is 0 Å². The molecule has 0 saturated heterocycles. The average molecular weight is 338 g/mol. The second-order valence-corrected chi connectivity index (χ2v) is 6.89. The maximum Gasteiger partial charge on any atom is 0.324 e. The number of aliphatic hydroxyl groups excluding tert-OH is 1. The smallest absolute Gasteiger partial charge is 0.324 e. The average Bonchev–Trinajstić information content (AvgIpc) is 2.42. The van der Waals surface area contributed by atoms with E-state index in [4.69, 9.17) is 5.11 Å². The minimum Gasteiger partial charge on any atom is -0.396 e. The summed E-state index contributed by atoms with van der Waals surface area (Å²) in [5.74, 6) is -0.0686. The minimum atomic E-state index is -4.15. The normalized spacial score (nSPS) is 11.5. The summed E-state index contributed by atoms with van der Waals surface area (Å²) in [4.78, 5) is 9.04. The van der Waals surface area contributed by atoms with Crippen molar-refractivity contribution in [2.24, 2.45) is 0 Å². The van der Waals surface area contributed by atoms with Crippen LogP contribution in [0, 0.1) is 15.9 Å². The summed E-state index contributed by atoms with van der Waals surface area (Å²) < 4.78 is 39.5. The lowest BCUT2D eigenvalue weighted by Gasteiger charge is -2.07. The van der Waals surface area contributed by atoms with Crippen molar-refractivity contribution in [2.75, 3.05) is 24.7 Å². The van der Waals surface area contributed by atoms with Gasteiger partial charge in [-0.3, -0.25) is 10.1 Å². The summed E-state index contributed by atoms with van der Waals surface area (Å²) in [6.45, 7) is 0.125. The minimum absolute atomic E-state index is 0.0616. The second-order valence-electron chi connectivity index (χ2n) is 3.93. The van der Waals surface area contributed by atoms with Crippen molar-refractivity contribution in [2.45, 2.75) is 11.3 Å². The maximum absolute atomic E-state index is 13.4. The third-order valence-corrected chi connectivity index (χ3v) is 4.97. The molecule has 0 aliphatic carbocycles. The summed E-state index contributed by atoms with van der Waals surface area (Å²) in [7, 11) is -4.15. The van der Waals surface area contributed by atoms with Gasteiger partial charge in [-0.15, -0.1) is 0 Å². The number of nitrogens with one attached hydrogen (secondary N) is 1. The van der Waals surface area contributed by atoms with Crippen LogP contribution in [0.15, 0.2) is 23.1 Å². The maximum atomic E-state index is 13.4. The number of aliphatic hydroxyl groups is 1. The number of thioether (sulfide) groups is 1. The molecular formula is C11H15FN2O5S2. The molecule has 0 bridgehead atoms. The molecule has 1 aromatic carbocycles. The van der Waals surface area contributed by atoms with E-state index < -0.39 is 31.3 Å². The van der Waals surface area contributed by atoms with Crippen LogP contribution in [-0.4, -0.2) is 43.1 Å². The van der Waals surface area contributed by atoms with Crippen LogP contribution in [0.5, 0.6) is 0 Å². The van der Waals surface area contributed by atoms with Crippen LogP contribution in [0.2, 0.25) is 0 Å². The molecule has 2 N–H and O–H groups in total. The van der Waals surface area contributed by atoms with E-state index in [9.17, 15) is 22.9 Å². The SMILES string of the molecule is O=[N+]([O-])c1c(F)cccc1S(=O)(=O)NCCSCCCO. The summed E-state index contributed by atoms with van der Waals surface area (Å²) >= 11 is 1.43. The first-order valence-corrected chi connectivity index (χ1v) is 8.65. The predicted octanol–water partition coefficient (Wildman–Crippen LogP) is 1.13. The molecule has 118 valence electrons. The lowest BCUT2D eigenvalue weighted by Crippen LogP contribution is -2.27. The van der Waals surface area contributed by atoms with Crippen LogP contribution in [0.3, 0.4) is 0 Å². The number of para-hydroxylation sites is 1. The lowest BCUT2D eigenvalue weighted by molar-refractivity contribution is -0.390. The van der Waals surface area contributed by atoms with Gasteiger partial charge in [0, 0.05) is 18.9 Å². The van der Waals surface area contributed by atoms with E-state index in [1.165, 1.54) is 11.8 Å². The van der Waals surface area contributed by atoms with Gasteiger partial charge in [-0.25, -0.2) is 13.1 Å². The van der Waals surface area contributed by atoms with E-state index in [1.54, 1.807) is 0 Å². The van der Waals surface area contributed by atoms with Crippen LogP contribution in [0.4, 0.5) is 10.1 Å².